The van der Waals surface area contributed by atoms with E-state index in [4.69, 9.17) is 11.2 Å². The summed E-state index contributed by atoms with van der Waals surface area (Å²) in [5.41, 5.74) is 1.69. The molecule has 8 heteroatoms. The molecule has 2 unspecified atom stereocenters. The molecule has 0 radical (unpaired) electrons. The van der Waals surface area contributed by atoms with Crippen LogP contribution in [0.3, 0.4) is 0 Å². The molecule has 0 saturated heterocycles. The van der Waals surface area contributed by atoms with Crippen LogP contribution < -0.4 is 10.6 Å². The van der Waals surface area contributed by atoms with Gasteiger partial charge in [-0.15, -0.1) is 0 Å². The van der Waals surface area contributed by atoms with Crippen molar-refractivity contribution < 1.29 is 19.1 Å². The van der Waals surface area contributed by atoms with Crippen molar-refractivity contribution in [3.63, 3.8) is 0 Å². The van der Waals surface area contributed by atoms with Crippen molar-refractivity contribution >= 4 is 29.7 Å². The summed E-state index contributed by atoms with van der Waals surface area (Å²) in [6.45, 7) is 12.7. The molecule has 1 aromatic rings. The second kappa shape index (κ2) is 12.5. The maximum Gasteiger partial charge on any atom is 0.408 e. The minimum absolute atomic E-state index is 0.146. The van der Waals surface area contributed by atoms with Crippen LogP contribution in [0.4, 0.5) is 4.79 Å². The maximum absolute atomic E-state index is 13.6. The molecular weight excluding hydrogens is 438 g/mol. The van der Waals surface area contributed by atoms with Gasteiger partial charge < -0.3 is 15.4 Å². The van der Waals surface area contributed by atoms with E-state index in [2.05, 4.69) is 16.7 Å². The normalized spacial score (nSPS) is 13.0. The van der Waals surface area contributed by atoms with Gasteiger partial charge in [0.2, 0.25) is 5.91 Å². The topological polar surface area (TPSA) is 87.7 Å². The minimum Gasteiger partial charge on any atom is -0.444 e. The Morgan fingerprint density at radius 3 is 2.33 bits per heavy atom. The van der Waals surface area contributed by atoms with E-state index in [0.717, 1.165) is 16.0 Å². The van der Waals surface area contributed by atoms with E-state index in [1.807, 2.05) is 52.1 Å². The van der Waals surface area contributed by atoms with Gasteiger partial charge in [-0.25, -0.2) is 4.79 Å². The number of hydrogen-bond acceptors (Lipinski definition) is 5. The van der Waals surface area contributed by atoms with Gasteiger partial charge >= 0.3 is 6.09 Å². The Morgan fingerprint density at radius 1 is 1.18 bits per heavy atom. The van der Waals surface area contributed by atoms with Crippen LogP contribution in [0, 0.1) is 26.3 Å². The number of thioether (sulfide) groups is 1. The number of benzene rings is 1. The van der Waals surface area contributed by atoms with Gasteiger partial charge in [-0.2, -0.15) is 11.8 Å². The fourth-order valence-corrected chi connectivity index (χ4v) is 3.66. The predicted molar refractivity (Wildman–Crippen MR) is 134 cm³/mol. The molecule has 3 amide bonds. The summed E-state index contributed by atoms with van der Waals surface area (Å²) < 4.78 is 5.33. The third-order valence-corrected chi connectivity index (χ3v) is 5.29. The number of alkyl carbamates (subject to hydrolysis) is 1. The minimum atomic E-state index is -1.04. The zero-order chi connectivity index (χ0) is 25.3. The van der Waals surface area contributed by atoms with E-state index in [1.54, 1.807) is 20.8 Å². The first-order chi connectivity index (χ1) is 15.3. The number of ether oxygens (including phenoxy) is 1. The highest BCUT2D eigenvalue weighted by molar-refractivity contribution is 7.98. The number of hydrogen-bond donors (Lipinski definition) is 2. The van der Waals surface area contributed by atoms with Gasteiger partial charge in [-0.3, -0.25) is 14.5 Å². The summed E-state index contributed by atoms with van der Waals surface area (Å²) >= 11 is 1.54. The van der Waals surface area contributed by atoms with Crippen LogP contribution in [0.2, 0.25) is 0 Å². The first-order valence-electron chi connectivity index (χ1n) is 11.0. The molecule has 182 valence electrons. The Labute approximate surface area is 202 Å². The highest BCUT2D eigenvalue weighted by Gasteiger charge is 2.36. The van der Waals surface area contributed by atoms with E-state index in [9.17, 15) is 14.4 Å². The van der Waals surface area contributed by atoms with Gasteiger partial charge in [-0.1, -0.05) is 30.2 Å². The highest BCUT2D eigenvalue weighted by Crippen LogP contribution is 2.27. The quantitative estimate of drug-likeness (QED) is 0.417. The number of carbonyl (C=O) groups excluding carboxylic acids is 3. The molecule has 1 rings (SSSR count). The zero-order valence-electron chi connectivity index (χ0n) is 20.9. The van der Waals surface area contributed by atoms with Crippen molar-refractivity contribution in [3.05, 3.63) is 34.9 Å². The van der Waals surface area contributed by atoms with E-state index in [1.165, 1.54) is 11.8 Å². The molecule has 0 bridgehead atoms. The lowest BCUT2D eigenvalue weighted by molar-refractivity contribution is -0.138. The van der Waals surface area contributed by atoms with Gasteiger partial charge in [0.15, 0.2) is 0 Å². The fourth-order valence-electron chi connectivity index (χ4n) is 3.19. The van der Waals surface area contributed by atoms with E-state index in [-0.39, 0.29) is 11.9 Å². The molecule has 0 spiro atoms. The number of nitrogens with one attached hydrogen (secondary N) is 2. The van der Waals surface area contributed by atoms with Crippen molar-refractivity contribution in [3.8, 4) is 12.5 Å². The number of terminal acetylenes is 1. The summed E-state index contributed by atoms with van der Waals surface area (Å²) in [5, 5.41) is 5.51. The molecule has 7 nitrogen and oxygen atoms in total. The van der Waals surface area contributed by atoms with Crippen molar-refractivity contribution in [2.75, 3.05) is 12.0 Å². The Morgan fingerprint density at radius 2 is 1.82 bits per heavy atom. The average Bonchev–Trinajstić information content (AvgIpc) is 2.68. The van der Waals surface area contributed by atoms with Gasteiger partial charge in [0.25, 0.3) is 5.91 Å². The standard InChI is InChI=1S/C25H37N3O4S/c1-10-28(23(30)20(13-14-33-9)27-24(31)32-25(6,7)8)21(22(29)26-16(2)3)19-15-17(4)11-12-18(19)5/h1,11-12,15-16,20-21H,13-14H2,2-9H3,(H,26,29)(H,27,31). The SMILES string of the molecule is C#CN(C(=O)C(CCSC)NC(=O)OC(C)(C)C)C(C(=O)NC(C)C)c1cc(C)ccc1C. The number of aryl methyl sites for hydroxylation is 2. The molecule has 2 atom stereocenters. The van der Waals surface area contributed by atoms with Crippen molar-refractivity contribution in [2.24, 2.45) is 0 Å². The smallest absolute Gasteiger partial charge is 0.408 e. The molecule has 1 aromatic carbocycles. The van der Waals surface area contributed by atoms with Crippen molar-refractivity contribution in [1.82, 2.24) is 15.5 Å². The van der Waals surface area contributed by atoms with Gasteiger partial charge in [0.05, 0.1) is 0 Å². The van der Waals surface area contributed by atoms with Crippen LogP contribution in [0.15, 0.2) is 18.2 Å². The van der Waals surface area contributed by atoms with Crippen LogP contribution in [0.5, 0.6) is 0 Å². The molecule has 0 aliphatic carbocycles. The van der Waals surface area contributed by atoms with E-state index in [0.29, 0.717) is 17.7 Å². The molecule has 33 heavy (non-hydrogen) atoms. The fraction of sp³-hybridized carbons (Fsp3) is 0.560. The second-order valence-electron chi connectivity index (χ2n) is 9.24. The monoisotopic (exact) mass is 475 g/mol. The Bertz CT molecular complexity index is 887. The average molecular weight is 476 g/mol. The van der Waals surface area contributed by atoms with Crippen molar-refractivity contribution in [2.45, 2.75) is 78.6 Å². The predicted octanol–water partition coefficient (Wildman–Crippen LogP) is 3.93. The second-order valence-corrected chi connectivity index (χ2v) is 10.2. The molecule has 2 N–H and O–H groups in total. The Hall–Kier alpha value is -2.66. The molecule has 0 aliphatic rings. The molecule has 0 saturated carbocycles. The summed E-state index contributed by atoms with van der Waals surface area (Å²) in [4.78, 5) is 40.4. The molecule has 0 aliphatic heterocycles. The lowest BCUT2D eigenvalue weighted by Crippen LogP contribution is -2.52. The summed E-state index contributed by atoms with van der Waals surface area (Å²) in [5.74, 6) is -0.315. The largest absolute Gasteiger partial charge is 0.444 e. The first kappa shape index (κ1) is 28.4. The van der Waals surface area contributed by atoms with Gasteiger partial charge in [-0.05, 0) is 78.0 Å². The highest BCUT2D eigenvalue weighted by atomic mass is 32.2. The lowest BCUT2D eigenvalue weighted by atomic mass is 9.96. The summed E-state index contributed by atoms with van der Waals surface area (Å²) in [7, 11) is 0. The van der Waals surface area contributed by atoms with Crippen LogP contribution in [0.25, 0.3) is 0 Å². The lowest BCUT2D eigenvalue weighted by Gasteiger charge is -2.31. The van der Waals surface area contributed by atoms with Crippen LogP contribution in [0.1, 0.15) is 63.8 Å². The number of nitrogens with zero attached hydrogens (tertiary/aromatic N) is 1. The van der Waals surface area contributed by atoms with E-state index < -0.39 is 29.7 Å². The van der Waals surface area contributed by atoms with Gasteiger partial charge in [0, 0.05) is 12.1 Å². The molecular formula is C25H37N3O4S. The Kier molecular flexibility index (Phi) is 10.8. The number of carbonyl (C=O) groups is 3. The summed E-state index contributed by atoms with van der Waals surface area (Å²) in [6.07, 6.45) is 7.32. The van der Waals surface area contributed by atoms with Crippen LogP contribution >= 0.6 is 11.8 Å². The van der Waals surface area contributed by atoms with Crippen LogP contribution in [-0.4, -0.2) is 52.5 Å². The number of rotatable bonds is 9. The van der Waals surface area contributed by atoms with Crippen molar-refractivity contribution in [1.29, 1.82) is 0 Å². The van der Waals surface area contributed by atoms with E-state index >= 15 is 0 Å². The first-order valence-corrected chi connectivity index (χ1v) is 12.3. The third-order valence-electron chi connectivity index (χ3n) is 4.64. The summed E-state index contributed by atoms with van der Waals surface area (Å²) in [6, 6.07) is 5.96. The molecule has 0 heterocycles. The zero-order valence-corrected chi connectivity index (χ0v) is 21.8. The third kappa shape index (κ3) is 9.01. The van der Waals surface area contributed by atoms with Crippen LogP contribution in [-0.2, 0) is 14.3 Å². The molecule has 0 fully saturated rings. The van der Waals surface area contributed by atoms with Gasteiger partial charge in [0.1, 0.15) is 17.7 Å². The number of amides is 3. The Balaban J connectivity index is 3.41. The molecule has 0 aromatic heterocycles. The maximum atomic E-state index is 13.6.